The third-order valence-electron chi connectivity index (χ3n) is 5.32. The molecule has 0 saturated carbocycles. The van der Waals surface area contributed by atoms with Gasteiger partial charge in [-0.1, -0.05) is 30.3 Å². The van der Waals surface area contributed by atoms with Crippen molar-refractivity contribution in [2.24, 2.45) is 0 Å². The van der Waals surface area contributed by atoms with Crippen LogP contribution >= 0.6 is 11.3 Å². The molecule has 3 N–H and O–H groups in total. The molecule has 4 rings (SSSR count). The van der Waals surface area contributed by atoms with E-state index in [1.807, 2.05) is 54.8 Å². The van der Waals surface area contributed by atoms with Crippen molar-refractivity contribution in [3.8, 4) is 0 Å². The highest BCUT2D eigenvalue weighted by molar-refractivity contribution is 7.12. The second-order valence-corrected chi connectivity index (χ2v) is 8.54. The van der Waals surface area contributed by atoms with Gasteiger partial charge >= 0.3 is 0 Å². The van der Waals surface area contributed by atoms with Gasteiger partial charge in [-0.3, -0.25) is 14.7 Å². The number of rotatable bonds is 7. The van der Waals surface area contributed by atoms with Crippen LogP contribution in [0.4, 0.5) is 5.69 Å². The number of aryl methyl sites for hydroxylation is 1. The van der Waals surface area contributed by atoms with Gasteiger partial charge in [-0.15, -0.1) is 11.3 Å². The summed E-state index contributed by atoms with van der Waals surface area (Å²) in [6, 6.07) is 14.9. The number of hydrogen-bond acceptors (Lipinski definition) is 5. The number of hydrogen-bond donors (Lipinski definition) is 3. The van der Waals surface area contributed by atoms with E-state index in [1.54, 1.807) is 25.2 Å². The average Bonchev–Trinajstić information content (AvgIpc) is 3.44. The van der Waals surface area contributed by atoms with Gasteiger partial charge in [0.1, 0.15) is 0 Å². The molecule has 0 unspecified atom stereocenters. The summed E-state index contributed by atoms with van der Waals surface area (Å²) >= 11 is 1.37. The fraction of sp³-hybridized carbons (Fsp3) is 0.160. The Kier molecular flexibility index (Phi) is 6.67. The summed E-state index contributed by atoms with van der Waals surface area (Å²) in [6.07, 6.45) is 3.74. The van der Waals surface area contributed by atoms with Crippen LogP contribution in [0.1, 0.15) is 36.9 Å². The number of aliphatic hydroxyl groups excluding tert-OH is 1. The van der Waals surface area contributed by atoms with E-state index < -0.39 is 0 Å². The number of nitrogens with one attached hydrogen (secondary N) is 2. The number of likely N-dealkylation sites (N-methyl/N-ethyl adjacent to an activating group) is 1. The Hall–Kier alpha value is -3.75. The minimum Gasteiger partial charge on any atom is -0.395 e. The van der Waals surface area contributed by atoms with Crippen LogP contribution in [0.15, 0.2) is 53.9 Å². The number of aliphatic hydroxyl groups is 1. The Morgan fingerprint density at radius 3 is 2.76 bits per heavy atom. The van der Waals surface area contributed by atoms with Gasteiger partial charge in [-0.25, -0.2) is 0 Å². The third kappa shape index (κ3) is 4.87. The Morgan fingerprint density at radius 1 is 1.18 bits per heavy atom. The van der Waals surface area contributed by atoms with Gasteiger partial charge in [-0.05, 0) is 53.8 Å². The highest BCUT2D eigenvalue weighted by Gasteiger charge is 2.16. The van der Waals surface area contributed by atoms with Crippen LogP contribution in [0.5, 0.6) is 0 Å². The number of fused-ring (bicyclic) bond motifs is 1. The Balaban J connectivity index is 1.69. The molecule has 0 spiro atoms. The van der Waals surface area contributed by atoms with E-state index in [0.29, 0.717) is 16.1 Å². The number of amides is 2. The van der Waals surface area contributed by atoms with Gasteiger partial charge < -0.3 is 15.3 Å². The molecular formula is C25H24N4O3S. The van der Waals surface area contributed by atoms with Crippen LogP contribution < -0.4 is 5.32 Å². The summed E-state index contributed by atoms with van der Waals surface area (Å²) < 4.78 is 0. The first-order valence-electron chi connectivity index (χ1n) is 10.4. The summed E-state index contributed by atoms with van der Waals surface area (Å²) in [5.41, 5.74) is 4.30. The molecule has 2 amide bonds. The fourth-order valence-electron chi connectivity index (χ4n) is 3.48. The zero-order valence-corrected chi connectivity index (χ0v) is 19.1. The van der Waals surface area contributed by atoms with E-state index in [4.69, 9.17) is 5.11 Å². The van der Waals surface area contributed by atoms with Gasteiger partial charge in [0, 0.05) is 30.2 Å². The summed E-state index contributed by atoms with van der Waals surface area (Å²) in [5.74, 6) is -0.462. The first-order valence-corrected chi connectivity index (χ1v) is 11.3. The second-order valence-electron chi connectivity index (χ2n) is 7.63. The lowest BCUT2D eigenvalue weighted by molar-refractivity contribution is 0.0766. The molecule has 0 bridgehead atoms. The van der Waals surface area contributed by atoms with Crippen molar-refractivity contribution in [2.75, 3.05) is 25.5 Å². The molecular weight excluding hydrogens is 436 g/mol. The molecule has 2 aromatic heterocycles. The molecule has 0 radical (unpaired) electrons. The molecule has 2 aromatic carbocycles. The fourth-order valence-corrected chi connectivity index (χ4v) is 4.30. The molecule has 0 atom stereocenters. The average molecular weight is 461 g/mol. The van der Waals surface area contributed by atoms with Crippen LogP contribution in [0.25, 0.3) is 23.1 Å². The zero-order chi connectivity index (χ0) is 23.4. The quantitative estimate of drug-likeness (QED) is 0.380. The number of benzene rings is 2. The van der Waals surface area contributed by atoms with E-state index in [9.17, 15) is 9.59 Å². The molecule has 0 aliphatic rings. The molecule has 0 aliphatic heterocycles. The SMILES string of the molecule is Cc1ccsc1C(=O)Nc1cc(C(=O)N(C)CCO)ccc1C=Cc1n[nH]c2ccccc12. The number of thiophene rings is 1. The number of carbonyl (C=O) groups excluding carboxylic acids is 2. The predicted octanol–water partition coefficient (Wildman–Crippen LogP) is 4.42. The second kappa shape index (κ2) is 9.81. The largest absolute Gasteiger partial charge is 0.395 e. The van der Waals surface area contributed by atoms with Crippen LogP contribution in [0.2, 0.25) is 0 Å². The molecule has 7 nitrogen and oxygen atoms in total. The number of para-hydroxylation sites is 1. The lowest BCUT2D eigenvalue weighted by atomic mass is 10.1. The number of carbonyl (C=O) groups is 2. The molecule has 168 valence electrons. The van der Waals surface area contributed by atoms with Crippen LogP contribution in [-0.2, 0) is 0 Å². The number of aromatic amines is 1. The molecule has 8 heteroatoms. The van der Waals surface area contributed by atoms with Crippen LogP contribution in [-0.4, -0.2) is 52.2 Å². The third-order valence-corrected chi connectivity index (χ3v) is 6.33. The Labute approximate surface area is 195 Å². The van der Waals surface area contributed by atoms with E-state index >= 15 is 0 Å². The summed E-state index contributed by atoms with van der Waals surface area (Å²) in [7, 11) is 1.63. The van der Waals surface area contributed by atoms with Crippen LogP contribution in [0.3, 0.4) is 0 Å². The first kappa shape index (κ1) is 22.4. The van der Waals surface area contributed by atoms with Crippen molar-refractivity contribution < 1.29 is 14.7 Å². The number of anilines is 1. The normalized spacial score (nSPS) is 11.2. The Morgan fingerprint density at radius 2 is 2.00 bits per heavy atom. The van der Waals surface area contributed by atoms with Crippen LogP contribution in [0, 0.1) is 6.92 Å². The minimum atomic E-state index is -0.235. The smallest absolute Gasteiger partial charge is 0.266 e. The highest BCUT2D eigenvalue weighted by atomic mass is 32.1. The van der Waals surface area contributed by atoms with Crippen molar-refractivity contribution in [3.63, 3.8) is 0 Å². The number of aromatic nitrogens is 2. The summed E-state index contributed by atoms with van der Waals surface area (Å²) in [6.45, 7) is 1.99. The van der Waals surface area contributed by atoms with Gasteiger partial charge in [0.2, 0.25) is 0 Å². The van der Waals surface area contributed by atoms with Gasteiger partial charge in [0.25, 0.3) is 11.8 Å². The molecule has 33 heavy (non-hydrogen) atoms. The van der Waals surface area contributed by atoms with E-state index in [1.165, 1.54) is 16.2 Å². The summed E-state index contributed by atoms with van der Waals surface area (Å²) in [5, 5.41) is 22.3. The molecule has 4 aromatic rings. The molecule has 0 saturated heterocycles. The van der Waals surface area contributed by atoms with Crippen molar-refractivity contribution in [1.29, 1.82) is 0 Å². The number of H-pyrrole nitrogens is 1. The van der Waals surface area contributed by atoms with Crippen molar-refractivity contribution >= 4 is 51.9 Å². The lowest BCUT2D eigenvalue weighted by Gasteiger charge is -2.17. The minimum absolute atomic E-state index is 0.123. The maximum Gasteiger partial charge on any atom is 0.266 e. The van der Waals surface area contributed by atoms with E-state index in [-0.39, 0.29) is 25.0 Å². The molecule has 0 fully saturated rings. The van der Waals surface area contributed by atoms with Gasteiger partial charge in [0.15, 0.2) is 0 Å². The van der Waals surface area contributed by atoms with E-state index in [0.717, 1.165) is 27.7 Å². The maximum atomic E-state index is 12.9. The van der Waals surface area contributed by atoms with Crippen molar-refractivity contribution in [1.82, 2.24) is 15.1 Å². The Bertz CT molecular complexity index is 1340. The first-order chi connectivity index (χ1) is 16.0. The van der Waals surface area contributed by atoms with Gasteiger partial charge in [0.05, 0.1) is 22.7 Å². The molecule has 0 aliphatic carbocycles. The zero-order valence-electron chi connectivity index (χ0n) is 18.3. The number of nitrogens with zero attached hydrogens (tertiary/aromatic N) is 2. The van der Waals surface area contributed by atoms with Crippen molar-refractivity contribution in [3.05, 3.63) is 81.2 Å². The van der Waals surface area contributed by atoms with Gasteiger partial charge in [-0.2, -0.15) is 5.10 Å². The van der Waals surface area contributed by atoms with E-state index in [2.05, 4.69) is 15.5 Å². The standard InChI is InChI=1S/C25H24N4O3S/c1-16-11-14-33-23(16)24(31)26-22-15-18(25(32)29(2)12-13-30)8-7-17(22)9-10-21-19-5-3-4-6-20(19)27-28-21/h3-11,14-15,30H,12-13H2,1-2H3,(H,26,31)(H,27,28). The lowest BCUT2D eigenvalue weighted by Crippen LogP contribution is -2.29. The highest BCUT2D eigenvalue weighted by Crippen LogP contribution is 2.25. The summed E-state index contributed by atoms with van der Waals surface area (Å²) in [4.78, 5) is 27.7. The molecule has 2 heterocycles. The topological polar surface area (TPSA) is 98.3 Å². The monoisotopic (exact) mass is 460 g/mol. The predicted molar refractivity (Wildman–Crippen MR) is 133 cm³/mol. The van der Waals surface area contributed by atoms with Crippen molar-refractivity contribution in [2.45, 2.75) is 6.92 Å². The maximum absolute atomic E-state index is 12.9.